The van der Waals surface area contributed by atoms with Crippen molar-refractivity contribution in [3.05, 3.63) is 52.1 Å². The van der Waals surface area contributed by atoms with Crippen LogP contribution in [0.5, 0.6) is 0 Å². The first-order valence-electron chi connectivity index (χ1n) is 5.60. The Labute approximate surface area is 136 Å². The van der Waals surface area contributed by atoms with Gasteiger partial charge in [0.15, 0.2) is 0 Å². The van der Waals surface area contributed by atoms with Gasteiger partial charge in [-0.25, -0.2) is 22.0 Å². The fourth-order valence-electron chi connectivity index (χ4n) is 1.54. The number of hydrogen-bond donors (Lipinski definition) is 2. The largest absolute Gasteiger partial charge is 0.280 e. The van der Waals surface area contributed by atoms with E-state index in [9.17, 15) is 16.8 Å². The molecule has 21 heavy (non-hydrogen) atoms. The first-order valence-corrected chi connectivity index (χ1v) is 9.70. The van der Waals surface area contributed by atoms with Crippen molar-refractivity contribution in [1.82, 2.24) is 0 Å². The summed E-state index contributed by atoms with van der Waals surface area (Å²) in [6.45, 7) is 0. The average molecular weight is 438 g/mol. The van der Waals surface area contributed by atoms with Gasteiger partial charge in [-0.3, -0.25) is 4.72 Å². The minimum atomic E-state index is -3.84. The summed E-state index contributed by atoms with van der Waals surface area (Å²) in [4.78, 5) is -0.191. The number of benzene rings is 2. The summed E-state index contributed by atoms with van der Waals surface area (Å²) in [6, 6.07) is 11.5. The van der Waals surface area contributed by atoms with Gasteiger partial charge >= 0.3 is 0 Å². The Morgan fingerprint density at radius 2 is 1.29 bits per heavy atom. The first-order chi connectivity index (χ1) is 9.68. The number of rotatable bonds is 4. The van der Waals surface area contributed by atoms with Crippen LogP contribution in [0.4, 0.5) is 5.69 Å². The third-order valence-electron chi connectivity index (χ3n) is 2.56. The van der Waals surface area contributed by atoms with Crippen molar-refractivity contribution in [2.45, 2.75) is 9.79 Å². The van der Waals surface area contributed by atoms with Gasteiger partial charge in [0.25, 0.3) is 10.0 Å². The van der Waals surface area contributed by atoms with E-state index >= 15 is 0 Å². The van der Waals surface area contributed by atoms with Crippen LogP contribution in [0.2, 0.25) is 0 Å². The lowest BCUT2D eigenvalue weighted by molar-refractivity contribution is 0.595. The third kappa shape index (κ3) is 4.15. The zero-order chi connectivity index (χ0) is 15.7. The molecule has 0 amide bonds. The van der Waals surface area contributed by atoms with E-state index in [-0.39, 0.29) is 9.79 Å². The van der Waals surface area contributed by atoms with Gasteiger partial charge in [0, 0.05) is 9.26 Å². The van der Waals surface area contributed by atoms with Crippen LogP contribution in [0, 0.1) is 3.57 Å². The maximum Gasteiger partial charge on any atom is 0.261 e. The fourth-order valence-corrected chi connectivity index (χ4v) is 3.47. The second-order valence-corrected chi connectivity index (χ2v) is 8.62. The van der Waals surface area contributed by atoms with Crippen LogP contribution >= 0.6 is 22.6 Å². The topological polar surface area (TPSA) is 106 Å². The Balaban J connectivity index is 2.29. The van der Waals surface area contributed by atoms with E-state index in [0.29, 0.717) is 5.69 Å². The summed E-state index contributed by atoms with van der Waals surface area (Å²) in [5.74, 6) is 0. The van der Waals surface area contributed by atoms with Crippen LogP contribution in [-0.2, 0) is 20.0 Å². The van der Waals surface area contributed by atoms with Gasteiger partial charge < -0.3 is 0 Å². The van der Waals surface area contributed by atoms with E-state index in [2.05, 4.69) is 27.3 Å². The highest BCUT2D eigenvalue weighted by atomic mass is 127. The third-order valence-corrected chi connectivity index (χ3v) is 5.60. The molecule has 6 nitrogen and oxygen atoms in total. The summed E-state index contributed by atoms with van der Waals surface area (Å²) in [7, 11) is -7.62. The van der Waals surface area contributed by atoms with Crippen molar-refractivity contribution in [2.24, 2.45) is 5.14 Å². The van der Waals surface area contributed by atoms with Gasteiger partial charge in [-0.05, 0) is 71.1 Å². The number of nitrogens with two attached hydrogens (primary N) is 1. The van der Waals surface area contributed by atoms with Gasteiger partial charge in [0.1, 0.15) is 0 Å². The molecular formula is C12H11IN2O4S2. The first kappa shape index (κ1) is 16.2. The second-order valence-electron chi connectivity index (χ2n) is 4.13. The fraction of sp³-hybridized carbons (Fsp3) is 0. The number of hydrogen-bond acceptors (Lipinski definition) is 4. The SMILES string of the molecule is NS(=O)(=O)c1ccc(S(=O)(=O)Nc2ccc(I)cc2)cc1. The molecule has 9 heteroatoms. The molecule has 0 saturated carbocycles. The molecule has 0 bridgehead atoms. The summed E-state index contributed by atoms with van der Waals surface area (Å²) >= 11 is 2.11. The number of nitrogens with one attached hydrogen (secondary N) is 1. The standard InChI is InChI=1S/C12H11IN2O4S2/c13-9-1-3-10(4-2-9)15-21(18,19)12-7-5-11(6-8-12)20(14,16)17/h1-8,15H,(H2,14,16,17). The molecule has 0 unspecified atom stereocenters. The lowest BCUT2D eigenvalue weighted by Gasteiger charge is -2.08. The molecule has 0 radical (unpaired) electrons. The molecule has 0 saturated heterocycles. The van der Waals surface area contributed by atoms with Crippen LogP contribution < -0.4 is 9.86 Å². The molecule has 0 fully saturated rings. The van der Waals surface area contributed by atoms with Crippen molar-refractivity contribution in [3.8, 4) is 0 Å². The smallest absolute Gasteiger partial charge is 0.261 e. The van der Waals surface area contributed by atoms with Crippen molar-refractivity contribution >= 4 is 48.3 Å². The zero-order valence-electron chi connectivity index (χ0n) is 10.5. The van der Waals surface area contributed by atoms with E-state index in [0.717, 1.165) is 15.7 Å². The molecule has 0 heterocycles. The van der Waals surface area contributed by atoms with E-state index in [4.69, 9.17) is 5.14 Å². The normalized spacial score (nSPS) is 12.1. The molecule has 2 aromatic carbocycles. The number of primary sulfonamides is 1. The second kappa shape index (κ2) is 5.91. The number of anilines is 1. The Kier molecular flexibility index (Phi) is 4.56. The van der Waals surface area contributed by atoms with Crippen LogP contribution in [0.15, 0.2) is 58.3 Å². The molecule has 3 N–H and O–H groups in total. The molecule has 2 rings (SSSR count). The van der Waals surface area contributed by atoms with Gasteiger partial charge in [0.05, 0.1) is 9.79 Å². The monoisotopic (exact) mass is 438 g/mol. The summed E-state index contributed by atoms with van der Waals surface area (Å²) in [6.07, 6.45) is 0. The van der Waals surface area contributed by atoms with Crippen molar-refractivity contribution in [2.75, 3.05) is 4.72 Å². The predicted molar refractivity (Wildman–Crippen MR) is 87.8 cm³/mol. The molecule has 0 aliphatic carbocycles. The Morgan fingerprint density at radius 3 is 1.76 bits per heavy atom. The van der Waals surface area contributed by atoms with Crippen LogP contribution in [0.25, 0.3) is 0 Å². The average Bonchev–Trinajstić information content (AvgIpc) is 2.40. The maximum absolute atomic E-state index is 12.2. The molecule has 0 aromatic heterocycles. The Morgan fingerprint density at radius 1 is 0.810 bits per heavy atom. The van der Waals surface area contributed by atoms with Crippen LogP contribution in [-0.4, -0.2) is 16.8 Å². The highest BCUT2D eigenvalue weighted by molar-refractivity contribution is 14.1. The molecule has 0 aliphatic heterocycles. The highest BCUT2D eigenvalue weighted by Gasteiger charge is 2.15. The summed E-state index contributed by atoms with van der Waals surface area (Å²) < 4.78 is 50.0. The van der Waals surface area contributed by atoms with Gasteiger partial charge in [0.2, 0.25) is 10.0 Å². The Bertz CT molecular complexity index is 845. The van der Waals surface area contributed by atoms with E-state index in [1.165, 1.54) is 12.1 Å². The summed E-state index contributed by atoms with van der Waals surface area (Å²) in [5, 5.41) is 4.96. The van der Waals surface area contributed by atoms with Gasteiger partial charge in [-0.2, -0.15) is 0 Å². The molecule has 112 valence electrons. The lowest BCUT2D eigenvalue weighted by Crippen LogP contribution is -2.15. The molecule has 2 aromatic rings. The van der Waals surface area contributed by atoms with E-state index in [1.807, 2.05) is 0 Å². The minimum absolute atomic E-state index is 0.0477. The minimum Gasteiger partial charge on any atom is -0.280 e. The van der Waals surface area contributed by atoms with Crippen LogP contribution in [0.3, 0.4) is 0 Å². The molecule has 0 atom stereocenters. The zero-order valence-corrected chi connectivity index (χ0v) is 14.3. The lowest BCUT2D eigenvalue weighted by atomic mass is 10.3. The highest BCUT2D eigenvalue weighted by Crippen LogP contribution is 2.18. The van der Waals surface area contributed by atoms with Crippen molar-refractivity contribution < 1.29 is 16.8 Å². The molecule has 0 spiro atoms. The van der Waals surface area contributed by atoms with Crippen LogP contribution in [0.1, 0.15) is 0 Å². The molecular weight excluding hydrogens is 427 g/mol. The Hall–Kier alpha value is -1.17. The van der Waals surface area contributed by atoms with E-state index < -0.39 is 20.0 Å². The van der Waals surface area contributed by atoms with E-state index in [1.54, 1.807) is 24.3 Å². The van der Waals surface area contributed by atoms with Gasteiger partial charge in [-0.15, -0.1) is 0 Å². The summed E-state index contributed by atoms with van der Waals surface area (Å²) in [5.41, 5.74) is 0.422. The van der Waals surface area contributed by atoms with Gasteiger partial charge in [-0.1, -0.05) is 0 Å². The van der Waals surface area contributed by atoms with Crippen molar-refractivity contribution in [1.29, 1.82) is 0 Å². The number of sulfonamides is 2. The maximum atomic E-state index is 12.2. The number of halogens is 1. The van der Waals surface area contributed by atoms with Crippen molar-refractivity contribution in [3.63, 3.8) is 0 Å². The predicted octanol–water partition coefficient (Wildman–Crippen LogP) is 1.74. The quantitative estimate of drug-likeness (QED) is 0.710. The molecule has 0 aliphatic rings.